The maximum absolute atomic E-state index is 11.5. The van der Waals surface area contributed by atoms with Crippen LogP contribution in [0.5, 0.6) is 0 Å². The summed E-state index contributed by atoms with van der Waals surface area (Å²) in [5, 5.41) is 8.69. The van der Waals surface area contributed by atoms with Crippen molar-refractivity contribution in [2.45, 2.75) is 39.7 Å². The molecule has 0 saturated carbocycles. The topological polar surface area (TPSA) is 66.8 Å². The van der Waals surface area contributed by atoms with E-state index in [9.17, 15) is 9.59 Å². The molecule has 0 aromatic heterocycles. The van der Waals surface area contributed by atoms with Crippen molar-refractivity contribution < 1.29 is 19.4 Å². The van der Waals surface area contributed by atoms with Crippen molar-refractivity contribution in [2.24, 2.45) is 5.92 Å². The quantitative estimate of drug-likeness (QED) is 0.803. The molecule has 5 nitrogen and oxygen atoms in total. The first-order valence-electron chi connectivity index (χ1n) is 5.30. The van der Waals surface area contributed by atoms with E-state index in [0.717, 1.165) is 0 Å². The van der Waals surface area contributed by atoms with Crippen molar-refractivity contribution in [3.05, 3.63) is 0 Å². The van der Waals surface area contributed by atoms with Gasteiger partial charge in [-0.2, -0.15) is 0 Å². The molecule has 0 heterocycles. The highest BCUT2D eigenvalue weighted by Gasteiger charge is 2.20. The maximum atomic E-state index is 11.5. The molecule has 0 aromatic rings. The Morgan fingerprint density at radius 1 is 1.38 bits per heavy atom. The van der Waals surface area contributed by atoms with E-state index < -0.39 is 23.6 Å². The van der Waals surface area contributed by atoms with Gasteiger partial charge in [0.15, 0.2) is 0 Å². The van der Waals surface area contributed by atoms with E-state index in [4.69, 9.17) is 9.84 Å². The molecule has 1 amide bonds. The summed E-state index contributed by atoms with van der Waals surface area (Å²) in [7, 11) is 1.60. The van der Waals surface area contributed by atoms with Crippen LogP contribution in [0, 0.1) is 5.92 Å². The number of ether oxygens (including phenoxy) is 1. The Balaban J connectivity index is 4.02. The SMILES string of the molecule is CC(CCN(C)C(=O)OC(C)(C)C)C(=O)O. The summed E-state index contributed by atoms with van der Waals surface area (Å²) >= 11 is 0. The summed E-state index contributed by atoms with van der Waals surface area (Å²) in [5.41, 5.74) is -0.524. The van der Waals surface area contributed by atoms with Crippen molar-refractivity contribution in [3.63, 3.8) is 0 Å². The van der Waals surface area contributed by atoms with Crippen molar-refractivity contribution >= 4 is 12.1 Å². The summed E-state index contributed by atoms with van der Waals surface area (Å²) in [6.07, 6.45) is -0.00414. The third kappa shape index (κ3) is 6.27. The van der Waals surface area contributed by atoms with Crippen molar-refractivity contribution in [3.8, 4) is 0 Å². The van der Waals surface area contributed by atoms with Gasteiger partial charge >= 0.3 is 12.1 Å². The number of hydrogen-bond donors (Lipinski definition) is 1. The highest BCUT2D eigenvalue weighted by Crippen LogP contribution is 2.10. The fourth-order valence-corrected chi connectivity index (χ4v) is 0.942. The number of carbonyl (C=O) groups is 2. The first kappa shape index (κ1) is 14.7. The lowest BCUT2D eigenvalue weighted by atomic mass is 10.1. The minimum atomic E-state index is -0.849. The molecule has 0 bridgehead atoms. The maximum Gasteiger partial charge on any atom is 0.410 e. The Kier molecular flexibility index (Phi) is 5.27. The standard InChI is InChI=1S/C11H21NO4/c1-8(9(13)14)6-7-12(5)10(15)16-11(2,3)4/h8H,6-7H2,1-5H3,(H,13,14). The van der Waals surface area contributed by atoms with Gasteiger partial charge in [-0.1, -0.05) is 6.92 Å². The molecule has 0 aliphatic heterocycles. The molecule has 0 rings (SSSR count). The van der Waals surface area contributed by atoms with Crippen LogP contribution in [0.2, 0.25) is 0 Å². The van der Waals surface area contributed by atoms with Crippen LogP contribution < -0.4 is 0 Å². The molecule has 0 aliphatic rings. The summed E-state index contributed by atoms with van der Waals surface area (Å²) < 4.78 is 5.13. The van der Waals surface area contributed by atoms with Crippen LogP contribution >= 0.6 is 0 Å². The fourth-order valence-electron chi connectivity index (χ4n) is 0.942. The number of nitrogens with zero attached hydrogens (tertiary/aromatic N) is 1. The Morgan fingerprint density at radius 2 is 1.88 bits per heavy atom. The van der Waals surface area contributed by atoms with Crippen LogP contribution in [0.3, 0.4) is 0 Å². The summed E-state index contributed by atoms with van der Waals surface area (Å²) in [6.45, 7) is 7.36. The molecule has 94 valence electrons. The lowest BCUT2D eigenvalue weighted by Gasteiger charge is -2.25. The van der Waals surface area contributed by atoms with E-state index in [-0.39, 0.29) is 0 Å². The van der Waals surface area contributed by atoms with E-state index in [1.807, 2.05) is 0 Å². The Hall–Kier alpha value is -1.26. The smallest absolute Gasteiger partial charge is 0.410 e. The molecule has 0 aromatic carbocycles. The summed E-state index contributed by atoms with van der Waals surface area (Å²) in [5.74, 6) is -1.30. The zero-order valence-electron chi connectivity index (χ0n) is 10.6. The number of carboxylic acids is 1. The van der Waals surface area contributed by atoms with Crippen molar-refractivity contribution in [2.75, 3.05) is 13.6 Å². The van der Waals surface area contributed by atoms with Gasteiger partial charge in [0.1, 0.15) is 5.60 Å². The number of aliphatic carboxylic acids is 1. The second-order valence-electron chi connectivity index (χ2n) is 4.93. The van der Waals surface area contributed by atoms with Gasteiger partial charge in [0.05, 0.1) is 5.92 Å². The number of carbonyl (C=O) groups excluding carboxylic acids is 1. The van der Waals surface area contributed by atoms with E-state index in [0.29, 0.717) is 13.0 Å². The lowest BCUT2D eigenvalue weighted by molar-refractivity contribution is -0.141. The lowest BCUT2D eigenvalue weighted by Crippen LogP contribution is -2.35. The second kappa shape index (κ2) is 5.72. The Labute approximate surface area is 96.4 Å². The molecule has 0 radical (unpaired) electrons. The van der Waals surface area contributed by atoms with Crippen LogP contribution in [0.1, 0.15) is 34.1 Å². The third-order valence-electron chi connectivity index (χ3n) is 2.02. The van der Waals surface area contributed by atoms with Gasteiger partial charge < -0.3 is 14.7 Å². The van der Waals surface area contributed by atoms with Gasteiger partial charge in [-0.15, -0.1) is 0 Å². The summed E-state index contributed by atoms with van der Waals surface area (Å²) in [6, 6.07) is 0. The van der Waals surface area contributed by atoms with Crippen LogP contribution in [-0.2, 0) is 9.53 Å². The van der Waals surface area contributed by atoms with Gasteiger partial charge in [-0.05, 0) is 27.2 Å². The van der Waals surface area contributed by atoms with Crippen LogP contribution in [-0.4, -0.2) is 41.3 Å². The molecular formula is C11H21NO4. The number of hydrogen-bond acceptors (Lipinski definition) is 3. The zero-order chi connectivity index (χ0) is 12.9. The zero-order valence-corrected chi connectivity index (χ0v) is 10.6. The predicted molar refractivity (Wildman–Crippen MR) is 60.3 cm³/mol. The molecule has 1 unspecified atom stereocenters. The number of carboxylic acid groups (broad SMARTS) is 1. The normalized spacial score (nSPS) is 13.1. The van der Waals surface area contributed by atoms with Crippen molar-refractivity contribution in [1.82, 2.24) is 4.90 Å². The molecule has 1 atom stereocenters. The molecule has 0 spiro atoms. The van der Waals surface area contributed by atoms with E-state index in [2.05, 4.69) is 0 Å². The van der Waals surface area contributed by atoms with Crippen LogP contribution in [0.25, 0.3) is 0 Å². The number of rotatable bonds is 4. The first-order valence-corrected chi connectivity index (χ1v) is 5.30. The average Bonchev–Trinajstić information content (AvgIpc) is 2.10. The fraction of sp³-hybridized carbons (Fsp3) is 0.818. The molecule has 16 heavy (non-hydrogen) atoms. The van der Waals surface area contributed by atoms with E-state index >= 15 is 0 Å². The Morgan fingerprint density at radius 3 is 2.25 bits per heavy atom. The first-order chi connectivity index (χ1) is 7.13. The second-order valence-corrected chi connectivity index (χ2v) is 4.93. The third-order valence-corrected chi connectivity index (χ3v) is 2.02. The number of amides is 1. The van der Waals surface area contributed by atoms with Gasteiger partial charge in [0.2, 0.25) is 0 Å². The molecule has 0 saturated heterocycles. The molecular weight excluding hydrogens is 210 g/mol. The molecule has 0 aliphatic carbocycles. The van der Waals surface area contributed by atoms with Crippen LogP contribution in [0.15, 0.2) is 0 Å². The summed E-state index contributed by atoms with van der Waals surface area (Å²) in [4.78, 5) is 23.5. The minimum Gasteiger partial charge on any atom is -0.481 e. The van der Waals surface area contributed by atoms with Gasteiger partial charge in [-0.25, -0.2) is 4.79 Å². The molecule has 1 N–H and O–H groups in total. The largest absolute Gasteiger partial charge is 0.481 e. The van der Waals surface area contributed by atoms with Crippen molar-refractivity contribution in [1.29, 1.82) is 0 Å². The highest BCUT2D eigenvalue weighted by atomic mass is 16.6. The van der Waals surface area contributed by atoms with Crippen LogP contribution in [0.4, 0.5) is 4.79 Å². The van der Waals surface area contributed by atoms with E-state index in [1.54, 1.807) is 34.7 Å². The predicted octanol–water partition coefficient (Wildman–Crippen LogP) is 1.96. The van der Waals surface area contributed by atoms with Gasteiger partial charge in [0, 0.05) is 13.6 Å². The monoisotopic (exact) mass is 231 g/mol. The minimum absolute atomic E-state index is 0.377. The highest BCUT2D eigenvalue weighted by molar-refractivity contribution is 5.70. The average molecular weight is 231 g/mol. The van der Waals surface area contributed by atoms with Gasteiger partial charge in [-0.3, -0.25) is 4.79 Å². The van der Waals surface area contributed by atoms with E-state index in [1.165, 1.54) is 4.90 Å². The molecule has 0 fully saturated rings. The molecule has 5 heteroatoms. The van der Waals surface area contributed by atoms with Gasteiger partial charge in [0.25, 0.3) is 0 Å². The Bertz CT molecular complexity index is 257.